The molecular weight excluding hydrogens is 286 g/mol. The zero-order valence-corrected chi connectivity index (χ0v) is 13.4. The van der Waals surface area contributed by atoms with E-state index >= 15 is 0 Å². The summed E-state index contributed by atoms with van der Waals surface area (Å²) in [5, 5.41) is 2.93. The Hall–Kier alpha value is -1.40. The number of carbonyl (C=O) groups is 1. The molecule has 0 aromatic heterocycles. The van der Waals surface area contributed by atoms with Gasteiger partial charge in [-0.3, -0.25) is 9.69 Å². The van der Waals surface area contributed by atoms with Gasteiger partial charge in [-0.25, -0.2) is 0 Å². The summed E-state index contributed by atoms with van der Waals surface area (Å²) in [6.45, 7) is 3.87. The molecule has 0 bridgehead atoms. The van der Waals surface area contributed by atoms with Crippen molar-refractivity contribution in [1.29, 1.82) is 0 Å². The third kappa shape index (κ3) is 4.28. The molecule has 5 nitrogen and oxygen atoms in total. The first-order valence-corrected chi connectivity index (χ1v) is 8.33. The molecule has 1 amide bonds. The molecular formula is C15H23N3O2S. The third-order valence-electron chi connectivity index (χ3n) is 3.67. The van der Waals surface area contributed by atoms with Gasteiger partial charge in [0, 0.05) is 18.0 Å². The summed E-state index contributed by atoms with van der Waals surface area (Å²) in [5.41, 5.74) is 7.00. The van der Waals surface area contributed by atoms with Gasteiger partial charge in [0.15, 0.2) is 0 Å². The number of nitrogens with one attached hydrogen (secondary N) is 1. The number of methoxy groups -OCH3 is 1. The highest BCUT2D eigenvalue weighted by Crippen LogP contribution is 2.27. The maximum atomic E-state index is 12.4. The van der Waals surface area contributed by atoms with Crippen LogP contribution < -0.4 is 15.8 Å². The summed E-state index contributed by atoms with van der Waals surface area (Å²) in [6, 6.07) is 5.08. The number of hydrogen-bond acceptors (Lipinski definition) is 5. The highest BCUT2D eigenvalue weighted by molar-refractivity contribution is 7.99. The van der Waals surface area contributed by atoms with Gasteiger partial charge in [-0.05, 0) is 43.8 Å². The van der Waals surface area contributed by atoms with E-state index in [1.165, 1.54) is 5.75 Å². The van der Waals surface area contributed by atoms with E-state index in [0.29, 0.717) is 17.1 Å². The smallest absolute Gasteiger partial charge is 0.241 e. The lowest BCUT2D eigenvalue weighted by molar-refractivity contribution is -0.120. The first kappa shape index (κ1) is 16.0. The van der Waals surface area contributed by atoms with Crippen molar-refractivity contribution in [3.05, 3.63) is 18.2 Å². The van der Waals surface area contributed by atoms with Crippen molar-refractivity contribution >= 4 is 29.0 Å². The van der Waals surface area contributed by atoms with Crippen LogP contribution in [0, 0.1) is 0 Å². The van der Waals surface area contributed by atoms with Crippen molar-refractivity contribution in [2.75, 3.05) is 42.8 Å². The second-order valence-electron chi connectivity index (χ2n) is 5.13. The Morgan fingerprint density at radius 1 is 1.43 bits per heavy atom. The number of carbonyl (C=O) groups excluding carboxylic acids is 1. The minimum Gasteiger partial charge on any atom is -0.495 e. The Labute approximate surface area is 130 Å². The van der Waals surface area contributed by atoms with Gasteiger partial charge in [0.2, 0.25) is 5.91 Å². The predicted octanol–water partition coefficient (Wildman–Crippen LogP) is 2.04. The summed E-state index contributed by atoms with van der Waals surface area (Å²) >= 11 is 1.95. The summed E-state index contributed by atoms with van der Waals surface area (Å²) in [4.78, 5) is 14.7. The van der Waals surface area contributed by atoms with Gasteiger partial charge in [-0.15, -0.1) is 0 Å². The summed E-state index contributed by atoms with van der Waals surface area (Å²) in [6.07, 6.45) is 1.13. The van der Waals surface area contributed by atoms with E-state index in [1.54, 1.807) is 25.3 Å². The SMILES string of the molecule is COc1ccc(N)cc1NC(=O)C(C)N1CCCSCC1. The number of thioether (sulfide) groups is 1. The molecule has 1 aliphatic rings. The van der Waals surface area contributed by atoms with Gasteiger partial charge in [-0.1, -0.05) is 0 Å². The third-order valence-corrected chi connectivity index (χ3v) is 4.71. The Bertz CT molecular complexity index is 488. The zero-order valence-electron chi connectivity index (χ0n) is 12.6. The van der Waals surface area contributed by atoms with E-state index in [4.69, 9.17) is 10.5 Å². The van der Waals surface area contributed by atoms with Gasteiger partial charge in [0.1, 0.15) is 5.75 Å². The van der Waals surface area contributed by atoms with E-state index < -0.39 is 0 Å². The molecule has 1 unspecified atom stereocenters. The number of hydrogen-bond donors (Lipinski definition) is 2. The maximum Gasteiger partial charge on any atom is 0.241 e. The summed E-state index contributed by atoms with van der Waals surface area (Å²) in [5.74, 6) is 2.86. The number of nitrogens with zero attached hydrogens (tertiary/aromatic N) is 1. The van der Waals surface area contributed by atoms with Gasteiger partial charge in [-0.2, -0.15) is 11.8 Å². The first-order chi connectivity index (χ1) is 10.1. The second-order valence-corrected chi connectivity index (χ2v) is 6.35. The molecule has 3 N–H and O–H groups in total. The number of nitrogen functional groups attached to an aromatic ring is 1. The van der Waals surface area contributed by atoms with Crippen molar-refractivity contribution in [2.24, 2.45) is 0 Å². The fraction of sp³-hybridized carbons (Fsp3) is 0.533. The number of nitrogens with two attached hydrogens (primary N) is 1. The average molecular weight is 309 g/mol. The number of amides is 1. The van der Waals surface area contributed by atoms with E-state index in [-0.39, 0.29) is 11.9 Å². The van der Waals surface area contributed by atoms with Crippen LogP contribution in [-0.2, 0) is 4.79 Å². The predicted molar refractivity (Wildman–Crippen MR) is 89.0 cm³/mol. The van der Waals surface area contributed by atoms with Crippen LogP contribution in [0.5, 0.6) is 5.75 Å². The number of ether oxygens (including phenoxy) is 1. The minimum atomic E-state index is -0.158. The molecule has 6 heteroatoms. The maximum absolute atomic E-state index is 12.4. The molecule has 1 saturated heterocycles. The molecule has 1 fully saturated rings. The monoisotopic (exact) mass is 309 g/mol. The summed E-state index contributed by atoms with van der Waals surface area (Å²) < 4.78 is 5.26. The standard InChI is InChI=1S/C15H23N3O2S/c1-11(18-6-3-8-21-9-7-18)15(19)17-13-10-12(16)4-5-14(13)20-2/h4-5,10-11H,3,6-9,16H2,1-2H3,(H,17,19). The number of benzene rings is 1. The van der Waals surface area contributed by atoms with Crippen LogP contribution in [0.4, 0.5) is 11.4 Å². The fourth-order valence-corrected chi connectivity index (χ4v) is 3.28. The Balaban J connectivity index is 2.04. The number of rotatable bonds is 4. The molecule has 1 heterocycles. The summed E-state index contributed by atoms with van der Waals surface area (Å²) in [7, 11) is 1.58. The van der Waals surface area contributed by atoms with Crippen LogP contribution in [0.15, 0.2) is 18.2 Å². The normalized spacial score (nSPS) is 17.8. The Kier molecular flexibility index (Phi) is 5.76. The fourth-order valence-electron chi connectivity index (χ4n) is 2.38. The van der Waals surface area contributed by atoms with Gasteiger partial charge in [0.05, 0.1) is 18.8 Å². The van der Waals surface area contributed by atoms with Crippen molar-refractivity contribution in [1.82, 2.24) is 4.90 Å². The zero-order chi connectivity index (χ0) is 15.2. The molecule has 0 spiro atoms. The molecule has 0 saturated carbocycles. The van der Waals surface area contributed by atoms with Gasteiger partial charge in [0.25, 0.3) is 0 Å². The van der Waals surface area contributed by atoms with Gasteiger partial charge < -0.3 is 15.8 Å². The molecule has 1 aromatic rings. The molecule has 1 aliphatic heterocycles. The molecule has 21 heavy (non-hydrogen) atoms. The largest absolute Gasteiger partial charge is 0.495 e. The van der Waals surface area contributed by atoms with Crippen LogP contribution in [0.1, 0.15) is 13.3 Å². The lowest BCUT2D eigenvalue weighted by Crippen LogP contribution is -2.43. The molecule has 2 rings (SSSR count). The molecule has 1 aromatic carbocycles. The van der Waals surface area contributed by atoms with Crippen molar-refractivity contribution in [3.63, 3.8) is 0 Å². The van der Waals surface area contributed by atoms with Crippen molar-refractivity contribution < 1.29 is 9.53 Å². The Morgan fingerprint density at radius 2 is 2.24 bits per heavy atom. The number of anilines is 2. The van der Waals surface area contributed by atoms with E-state index in [9.17, 15) is 4.79 Å². The Morgan fingerprint density at radius 3 is 3.00 bits per heavy atom. The topological polar surface area (TPSA) is 67.6 Å². The molecule has 0 aliphatic carbocycles. The lowest BCUT2D eigenvalue weighted by Gasteiger charge is -2.26. The molecule has 1 atom stereocenters. The van der Waals surface area contributed by atoms with E-state index in [1.807, 2.05) is 18.7 Å². The molecule has 0 radical (unpaired) electrons. The van der Waals surface area contributed by atoms with Crippen LogP contribution in [0.25, 0.3) is 0 Å². The highest BCUT2D eigenvalue weighted by atomic mass is 32.2. The van der Waals surface area contributed by atoms with Crippen LogP contribution >= 0.6 is 11.8 Å². The molecule has 116 valence electrons. The van der Waals surface area contributed by atoms with Crippen LogP contribution in [0.2, 0.25) is 0 Å². The van der Waals surface area contributed by atoms with Crippen molar-refractivity contribution in [3.8, 4) is 5.75 Å². The average Bonchev–Trinajstić information content (AvgIpc) is 2.75. The van der Waals surface area contributed by atoms with E-state index in [2.05, 4.69) is 10.2 Å². The second kappa shape index (κ2) is 7.56. The van der Waals surface area contributed by atoms with E-state index in [0.717, 1.165) is 25.3 Å². The highest BCUT2D eigenvalue weighted by Gasteiger charge is 2.23. The first-order valence-electron chi connectivity index (χ1n) is 7.18. The van der Waals surface area contributed by atoms with Gasteiger partial charge >= 0.3 is 0 Å². The van der Waals surface area contributed by atoms with Crippen LogP contribution in [0.3, 0.4) is 0 Å². The quantitative estimate of drug-likeness (QED) is 0.833. The van der Waals surface area contributed by atoms with Crippen LogP contribution in [-0.4, -0.2) is 48.6 Å². The van der Waals surface area contributed by atoms with Crippen molar-refractivity contribution in [2.45, 2.75) is 19.4 Å². The minimum absolute atomic E-state index is 0.0224. The lowest BCUT2D eigenvalue weighted by atomic mass is 10.2.